The number of allylic oxidation sites excluding steroid dienone is 1. The van der Waals surface area contributed by atoms with E-state index in [2.05, 4.69) is 13.0 Å². The molecule has 0 bridgehead atoms. The maximum Gasteiger partial charge on any atom is 0.167 e. The second-order valence-electron chi connectivity index (χ2n) is 8.08. The molecule has 6 heteroatoms. The summed E-state index contributed by atoms with van der Waals surface area (Å²) in [6.45, 7) is 9.35. The van der Waals surface area contributed by atoms with Crippen molar-refractivity contribution in [3.05, 3.63) is 12.2 Å². The normalized spacial score (nSPS) is 41.0. The lowest BCUT2D eigenvalue weighted by Gasteiger charge is -2.40. The molecule has 2 rings (SSSR count). The minimum absolute atomic E-state index is 0.00115. The first-order valence-electron chi connectivity index (χ1n) is 9.63. The Bertz CT molecular complexity index is 534. The van der Waals surface area contributed by atoms with Crippen LogP contribution in [0, 0.1) is 23.7 Å². The van der Waals surface area contributed by atoms with Crippen LogP contribution in [0.1, 0.15) is 47.5 Å². The Balaban J connectivity index is 2.07. The van der Waals surface area contributed by atoms with Crippen molar-refractivity contribution in [1.29, 1.82) is 0 Å². The molecule has 8 atom stereocenters. The number of aliphatic hydroxyl groups is 3. The molecule has 2 aliphatic rings. The number of aliphatic hydroxyl groups excluding tert-OH is 2. The van der Waals surface area contributed by atoms with Gasteiger partial charge < -0.3 is 24.8 Å². The van der Waals surface area contributed by atoms with Crippen LogP contribution in [0.3, 0.4) is 0 Å². The summed E-state index contributed by atoms with van der Waals surface area (Å²) in [5, 5.41) is 30.4. The minimum atomic E-state index is -1.38. The number of carbonyl (C=O) groups is 1. The molecule has 0 aromatic heterocycles. The lowest BCUT2D eigenvalue weighted by atomic mass is 9.73. The van der Waals surface area contributed by atoms with E-state index in [0.29, 0.717) is 6.42 Å². The highest BCUT2D eigenvalue weighted by molar-refractivity contribution is 5.84. The van der Waals surface area contributed by atoms with Gasteiger partial charge in [-0.25, -0.2) is 0 Å². The van der Waals surface area contributed by atoms with Crippen LogP contribution < -0.4 is 0 Å². The zero-order valence-electron chi connectivity index (χ0n) is 16.5. The molecule has 0 aliphatic carbocycles. The van der Waals surface area contributed by atoms with Crippen LogP contribution in [0.4, 0.5) is 0 Å². The molecule has 3 N–H and O–H groups in total. The van der Waals surface area contributed by atoms with Crippen molar-refractivity contribution < 1.29 is 29.6 Å². The van der Waals surface area contributed by atoms with Crippen LogP contribution in [-0.2, 0) is 14.3 Å². The Kier molecular flexibility index (Phi) is 6.67. The molecular formula is C20H34O6. The van der Waals surface area contributed by atoms with Gasteiger partial charge in [0.05, 0.1) is 36.9 Å². The average molecular weight is 370 g/mol. The Morgan fingerprint density at radius 1 is 1.38 bits per heavy atom. The Hall–Kier alpha value is -0.790. The predicted molar refractivity (Wildman–Crippen MR) is 97.3 cm³/mol. The van der Waals surface area contributed by atoms with Crippen molar-refractivity contribution in [3.63, 3.8) is 0 Å². The van der Waals surface area contributed by atoms with Gasteiger partial charge in [-0.1, -0.05) is 32.9 Å². The first kappa shape index (κ1) is 21.5. The molecule has 1 unspecified atom stereocenters. The number of hydrogen-bond acceptors (Lipinski definition) is 6. The first-order valence-corrected chi connectivity index (χ1v) is 9.63. The van der Waals surface area contributed by atoms with Crippen LogP contribution in [0.15, 0.2) is 12.2 Å². The van der Waals surface area contributed by atoms with Gasteiger partial charge in [-0.2, -0.15) is 0 Å². The second-order valence-corrected chi connectivity index (χ2v) is 8.08. The summed E-state index contributed by atoms with van der Waals surface area (Å²) in [6, 6.07) is 0. The number of rotatable bonds is 8. The summed E-state index contributed by atoms with van der Waals surface area (Å²) in [6.07, 6.45) is 3.43. The zero-order valence-corrected chi connectivity index (χ0v) is 16.5. The number of ether oxygens (including phenoxy) is 2. The molecule has 150 valence electrons. The summed E-state index contributed by atoms with van der Waals surface area (Å²) in [7, 11) is 0. The lowest BCUT2D eigenvalue weighted by Crippen LogP contribution is -2.51. The van der Waals surface area contributed by atoms with E-state index in [1.807, 2.05) is 26.8 Å². The molecule has 0 spiro atoms. The summed E-state index contributed by atoms with van der Waals surface area (Å²) < 4.78 is 11.4. The van der Waals surface area contributed by atoms with Gasteiger partial charge in [-0.05, 0) is 26.2 Å². The first-order chi connectivity index (χ1) is 12.1. The number of carbonyl (C=O) groups excluding carboxylic acids is 1. The number of hydrogen-bond donors (Lipinski definition) is 3. The second kappa shape index (κ2) is 8.07. The Morgan fingerprint density at radius 2 is 2.04 bits per heavy atom. The topological polar surface area (TPSA) is 99.5 Å². The van der Waals surface area contributed by atoms with E-state index in [1.165, 1.54) is 0 Å². The van der Waals surface area contributed by atoms with E-state index in [1.54, 1.807) is 6.92 Å². The molecule has 2 fully saturated rings. The van der Waals surface area contributed by atoms with E-state index < -0.39 is 29.3 Å². The Morgan fingerprint density at radius 3 is 2.54 bits per heavy atom. The molecule has 0 saturated carbocycles. The van der Waals surface area contributed by atoms with Crippen LogP contribution in [0.5, 0.6) is 0 Å². The van der Waals surface area contributed by atoms with Gasteiger partial charge in [0, 0.05) is 18.3 Å². The molecule has 6 nitrogen and oxygen atoms in total. The molecule has 0 radical (unpaired) electrons. The van der Waals surface area contributed by atoms with Crippen LogP contribution in [0.2, 0.25) is 0 Å². The third-order valence-electron chi connectivity index (χ3n) is 6.37. The van der Waals surface area contributed by atoms with E-state index >= 15 is 0 Å². The molecule has 2 heterocycles. The smallest absolute Gasteiger partial charge is 0.167 e. The van der Waals surface area contributed by atoms with Crippen molar-refractivity contribution >= 4 is 5.78 Å². The van der Waals surface area contributed by atoms with Crippen molar-refractivity contribution in [2.24, 2.45) is 23.7 Å². The third-order valence-corrected chi connectivity index (χ3v) is 6.37. The standard InChI is InChI=1S/C20H34O6/c1-6-8-12(3)18-19(5,26-18)13(4)14(10-21)17(23)15-11-25-20(24,7-2)9-16(15)22/h6,8,12-16,18,21-22,24H,7,9-11H2,1-5H3/b8-6-/t12-,13-,14+,15+,16?,18+,19-,20+/m0/s1. The highest BCUT2D eigenvalue weighted by Crippen LogP contribution is 2.50. The molecule has 2 aliphatic heterocycles. The summed E-state index contributed by atoms with van der Waals surface area (Å²) >= 11 is 0. The van der Waals surface area contributed by atoms with Crippen molar-refractivity contribution in [2.45, 2.75) is 71.1 Å². The fourth-order valence-electron chi connectivity index (χ4n) is 4.21. The molecule has 2 saturated heterocycles. The largest absolute Gasteiger partial charge is 0.396 e. The van der Waals surface area contributed by atoms with Gasteiger partial charge in [0.2, 0.25) is 0 Å². The molecule has 0 aromatic rings. The fraction of sp³-hybridized carbons (Fsp3) is 0.850. The van der Waals surface area contributed by atoms with Gasteiger partial charge in [0.1, 0.15) is 5.78 Å². The minimum Gasteiger partial charge on any atom is -0.396 e. The van der Waals surface area contributed by atoms with Crippen LogP contribution >= 0.6 is 0 Å². The SMILES string of the molecule is C/C=C\[C@H](C)[C@H]1O[C@@]1(C)[C@@H](C)[C@@H](CO)C(=O)[C@@H]1CO[C@](O)(CC)CC1O. The molecule has 0 amide bonds. The number of Topliss-reactive ketones (excluding diaryl/α,β-unsaturated/α-hetero) is 1. The summed E-state index contributed by atoms with van der Waals surface area (Å²) in [5.74, 6) is -2.95. The highest BCUT2D eigenvalue weighted by atomic mass is 16.6. The monoisotopic (exact) mass is 370 g/mol. The van der Waals surface area contributed by atoms with E-state index in [0.717, 1.165) is 0 Å². The quantitative estimate of drug-likeness (QED) is 0.444. The van der Waals surface area contributed by atoms with E-state index in [-0.39, 0.29) is 43.4 Å². The maximum atomic E-state index is 13.0. The number of epoxide rings is 1. The van der Waals surface area contributed by atoms with Gasteiger partial charge in [0.15, 0.2) is 5.79 Å². The van der Waals surface area contributed by atoms with Gasteiger partial charge in [-0.15, -0.1) is 0 Å². The van der Waals surface area contributed by atoms with E-state index in [4.69, 9.17) is 9.47 Å². The van der Waals surface area contributed by atoms with E-state index in [9.17, 15) is 20.1 Å². The fourth-order valence-corrected chi connectivity index (χ4v) is 4.21. The molecular weight excluding hydrogens is 336 g/mol. The average Bonchev–Trinajstić information content (AvgIpc) is 3.29. The molecule has 26 heavy (non-hydrogen) atoms. The molecule has 0 aromatic carbocycles. The highest BCUT2D eigenvalue weighted by Gasteiger charge is 2.60. The predicted octanol–water partition coefficient (Wildman–Crippen LogP) is 1.67. The Labute approximate surface area is 156 Å². The number of ketones is 1. The lowest BCUT2D eigenvalue weighted by molar-refractivity contribution is -0.258. The van der Waals surface area contributed by atoms with Crippen molar-refractivity contribution in [2.75, 3.05) is 13.2 Å². The van der Waals surface area contributed by atoms with Gasteiger partial charge in [0.25, 0.3) is 0 Å². The summed E-state index contributed by atoms with van der Waals surface area (Å²) in [4.78, 5) is 13.0. The summed E-state index contributed by atoms with van der Waals surface area (Å²) in [5.41, 5.74) is -0.480. The van der Waals surface area contributed by atoms with Crippen molar-refractivity contribution in [3.8, 4) is 0 Å². The third kappa shape index (κ3) is 4.04. The maximum absolute atomic E-state index is 13.0. The van der Waals surface area contributed by atoms with Crippen LogP contribution in [-0.4, -0.2) is 57.9 Å². The van der Waals surface area contributed by atoms with Gasteiger partial charge >= 0.3 is 0 Å². The van der Waals surface area contributed by atoms with Crippen molar-refractivity contribution in [1.82, 2.24) is 0 Å². The zero-order chi connectivity index (χ0) is 19.7. The van der Waals surface area contributed by atoms with Gasteiger partial charge in [-0.3, -0.25) is 4.79 Å². The van der Waals surface area contributed by atoms with Crippen LogP contribution in [0.25, 0.3) is 0 Å².